The van der Waals surface area contributed by atoms with Gasteiger partial charge < -0.3 is 8.84 Å². The average Bonchev–Trinajstić information content (AvgIpc) is 2.32. The van der Waals surface area contributed by atoms with E-state index in [9.17, 15) is 4.79 Å². The second kappa shape index (κ2) is 6.88. The van der Waals surface area contributed by atoms with E-state index in [2.05, 4.69) is 40.4 Å². The fraction of sp³-hybridized carbons (Fsp3) is 0.562. The molecule has 21 heavy (non-hydrogen) atoms. The molecule has 1 aromatic rings. The number of thioether (sulfide) groups is 1. The molecule has 0 aliphatic rings. The fourth-order valence-electron chi connectivity index (χ4n) is 1.50. The fourth-order valence-corrected chi connectivity index (χ4v) is 3.19. The van der Waals surface area contributed by atoms with E-state index >= 15 is 0 Å². The Labute approximate surface area is 132 Å². The van der Waals surface area contributed by atoms with Crippen LogP contribution in [0.25, 0.3) is 0 Å². The van der Waals surface area contributed by atoms with Crippen LogP contribution in [-0.2, 0) is 5.75 Å². The lowest BCUT2D eigenvalue weighted by Crippen LogP contribution is -2.45. The lowest BCUT2D eigenvalue weighted by Gasteiger charge is -2.36. The largest absolute Gasteiger partial charge is 0.539 e. The van der Waals surface area contributed by atoms with E-state index in [1.807, 2.05) is 6.08 Å². The maximum atomic E-state index is 12.3. The third-order valence-corrected chi connectivity index (χ3v) is 8.99. The minimum atomic E-state index is -2.06. The molecule has 5 heteroatoms. The van der Waals surface area contributed by atoms with Gasteiger partial charge in [0.05, 0.1) is 5.75 Å². The van der Waals surface area contributed by atoms with Gasteiger partial charge in [-0.1, -0.05) is 26.8 Å². The molecular weight excluding hydrogens is 300 g/mol. The summed E-state index contributed by atoms with van der Waals surface area (Å²) >= 11 is 1.66. The molecular formula is C16H26O3SSi. The van der Waals surface area contributed by atoms with Crippen molar-refractivity contribution < 1.29 is 8.84 Å². The van der Waals surface area contributed by atoms with Crippen molar-refractivity contribution in [2.45, 2.75) is 51.6 Å². The lowest BCUT2D eigenvalue weighted by atomic mass is 10.2. The Kier molecular flexibility index (Phi) is 5.93. The average molecular weight is 327 g/mol. The van der Waals surface area contributed by atoms with E-state index in [-0.39, 0.29) is 10.5 Å². The summed E-state index contributed by atoms with van der Waals surface area (Å²) in [5.74, 6) is 3.08. The van der Waals surface area contributed by atoms with Gasteiger partial charge in [-0.2, -0.15) is 0 Å². The van der Waals surface area contributed by atoms with E-state index in [1.165, 1.54) is 6.07 Å². The van der Waals surface area contributed by atoms with Crippen molar-refractivity contribution in [1.82, 2.24) is 0 Å². The third-order valence-electron chi connectivity index (χ3n) is 3.73. The van der Waals surface area contributed by atoms with Crippen LogP contribution in [0.5, 0.6) is 5.75 Å². The van der Waals surface area contributed by atoms with Gasteiger partial charge in [-0.05, 0) is 25.1 Å². The summed E-state index contributed by atoms with van der Waals surface area (Å²) in [6, 6.07) is 1.50. The van der Waals surface area contributed by atoms with E-state index < -0.39 is 8.32 Å². The van der Waals surface area contributed by atoms with Crippen LogP contribution >= 0.6 is 11.8 Å². The van der Waals surface area contributed by atoms with Gasteiger partial charge in [0.1, 0.15) is 5.76 Å². The molecule has 1 rings (SSSR count). The summed E-state index contributed by atoms with van der Waals surface area (Å²) in [4.78, 5) is 12.3. The van der Waals surface area contributed by atoms with Gasteiger partial charge in [-0.15, -0.1) is 18.3 Å². The van der Waals surface area contributed by atoms with Crippen molar-refractivity contribution >= 4 is 20.1 Å². The minimum Gasteiger partial charge on any atom is -0.539 e. The number of aryl methyl sites for hydroxylation is 1. The maximum absolute atomic E-state index is 12.3. The first kappa shape index (κ1) is 18.1. The number of hydrogen-bond acceptors (Lipinski definition) is 4. The Bertz CT molecular complexity index is 556. The van der Waals surface area contributed by atoms with Crippen LogP contribution < -0.4 is 9.85 Å². The zero-order valence-electron chi connectivity index (χ0n) is 13.9. The Morgan fingerprint density at radius 1 is 1.43 bits per heavy atom. The van der Waals surface area contributed by atoms with Crippen LogP contribution in [0.1, 0.15) is 32.3 Å². The molecule has 0 aliphatic heterocycles. The topological polar surface area (TPSA) is 39.4 Å². The van der Waals surface area contributed by atoms with Crippen LogP contribution in [0.4, 0.5) is 0 Å². The first-order valence-electron chi connectivity index (χ1n) is 7.10. The molecule has 0 bridgehead atoms. The zero-order valence-corrected chi connectivity index (χ0v) is 15.7. The van der Waals surface area contributed by atoms with Gasteiger partial charge in [-0.25, -0.2) is 0 Å². The van der Waals surface area contributed by atoms with Crippen molar-refractivity contribution in [3.8, 4) is 5.75 Å². The Hall–Kier alpha value is -0.943. The number of hydrogen-bond donors (Lipinski definition) is 0. The van der Waals surface area contributed by atoms with Gasteiger partial charge in [0.25, 0.3) is 8.32 Å². The van der Waals surface area contributed by atoms with Crippen LogP contribution in [0.15, 0.2) is 27.9 Å². The van der Waals surface area contributed by atoms with Crippen molar-refractivity contribution in [3.05, 3.63) is 40.5 Å². The van der Waals surface area contributed by atoms with Gasteiger partial charge in [0, 0.05) is 11.8 Å². The summed E-state index contributed by atoms with van der Waals surface area (Å²) < 4.78 is 11.9. The molecule has 0 aliphatic carbocycles. The van der Waals surface area contributed by atoms with Crippen LogP contribution in [-0.4, -0.2) is 14.1 Å². The quantitative estimate of drug-likeness (QED) is 0.429. The van der Waals surface area contributed by atoms with Gasteiger partial charge >= 0.3 is 0 Å². The first-order chi connectivity index (χ1) is 9.58. The highest BCUT2D eigenvalue weighted by molar-refractivity contribution is 7.98. The van der Waals surface area contributed by atoms with Crippen molar-refractivity contribution in [2.75, 3.05) is 5.75 Å². The van der Waals surface area contributed by atoms with Crippen molar-refractivity contribution in [1.29, 1.82) is 0 Å². The van der Waals surface area contributed by atoms with E-state index in [4.69, 9.17) is 8.84 Å². The summed E-state index contributed by atoms with van der Waals surface area (Å²) in [6.07, 6.45) is 1.84. The molecule has 118 valence electrons. The molecule has 1 heterocycles. The summed E-state index contributed by atoms with van der Waals surface area (Å²) in [5, 5.41) is 0.0376. The monoisotopic (exact) mass is 326 g/mol. The van der Waals surface area contributed by atoms with E-state index in [1.54, 1.807) is 18.7 Å². The molecule has 0 saturated heterocycles. The maximum Gasteiger partial charge on any atom is 0.250 e. The molecule has 0 unspecified atom stereocenters. The van der Waals surface area contributed by atoms with Gasteiger partial charge in [0.15, 0.2) is 11.5 Å². The first-order valence-corrected chi connectivity index (χ1v) is 11.2. The second-order valence-electron chi connectivity index (χ2n) is 6.64. The summed E-state index contributed by atoms with van der Waals surface area (Å²) in [7, 11) is -2.06. The van der Waals surface area contributed by atoms with Crippen LogP contribution in [0.2, 0.25) is 18.1 Å². The summed E-state index contributed by atoms with van der Waals surface area (Å²) in [6.45, 7) is 16.2. The van der Waals surface area contributed by atoms with Crippen LogP contribution in [0.3, 0.4) is 0 Å². The second-order valence-corrected chi connectivity index (χ2v) is 12.4. The molecule has 0 fully saturated rings. The Morgan fingerprint density at radius 3 is 2.57 bits per heavy atom. The lowest BCUT2D eigenvalue weighted by molar-refractivity contribution is 0.419. The Balaban J connectivity index is 3.16. The molecule has 0 saturated carbocycles. The smallest absolute Gasteiger partial charge is 0.250 e. The van der Waals surface area contributed by atoms with Crippen molar-refractivity contribution in [2.24, 2.45) is 0 Å². The molecule has 0 amide bonds. The SMILES string of the molecule is C=CCSCc1oc(C)cc(=O)c1O[Si](C)(C)C(C)(C)C. The highest BCUT2D eigenvalue weighted by Gasteiger charge is 2.40. The Morgan fingerprint density at radius 2 is 2.05 bits per heavy atom. The van der Waals surface area contributed by atoms with Gasteiger partial charge in [0.2, 0.25) is 5.43 Å². The molecule has 0 atom stereocenters. The predicted octanol–water partition coefficient (Wildman–Crippen LogP) is 4.75. The van der Waals surface area contributed by atoms with Crippen molar-refractivity contribution in [3.63, 3.8) is 0 Å². The van der Waals surface area contributed by atoms with E-state index in [0.717, 1.165) is 5.75 Å². The molecule has 0 spiro atoms. The number of rotatable bonds is 6. The minimum absolute atomic E-state index is 0.0376. The third kappa shape index (κ3) is 4.78. The van der Waals surface area contributed by atoms with Crippen LogP contribution in [0, 0.1) is 6.92 Å². The highest BCUT2D eigenvalue weighted by Crippen LogP contribution is 2.37. The van der Waals surface area contributed by atoms with Gasteiger partial charge in [-0.3, -0.25) is 4.79 Å². The standard InChI is InChI=1S/C16H26O3SSi/c1-8-9-20-11-14-15(13(17)10-12(2)18-14)19-21(6,7)16(3,4)5/h8,10H,1,9,11H2,2-7H3. The zero-order chi connectivity index (χ0) is 16.3. The molecule has 0 radical (unpaired) electrons. The summed E-state index contributed by atoms with van der Waals surface area (Å²) in [5.41, 5.74) is -0.0854. The molecule has 0 aromatic carbocycles. The predicted molar refractivity (Wildman–Crippen MR) is 93.9 cm³/mol. The highest BCUT2D eigenvalue weighted by atomic mass is 32.2. The molecule has 3 nitrogen and oxygen atoms in total. The molecule has 1 aromatic heterocycles. The van der Waals surface area contributed by atoms with E-state index in [0.29, 0.717) is 23.0 Å². The molecule has 0 N–H and O–H groups in total. The normalized spacial score (nSPS) is 12.3.